The van der Waals surface area contributed by atoms with E-state index in [1.165, 1.54) is 4.88 Å². The number of hydrogen-bond donors (Lipinski definition) is 1. The van der Waals surface area contributed by atoms with Gasteiger partial charge in [-0.2, -0.15) is 0 Å². The molecule has 0 saturated carbocycles. The van der Waals surface area contributed by atoms with Crippen LogP contribution < -0.4 is 0 Å². The largest absolute Gasteiger partial charge is 0.377 e. The molecule has 17 heavy (non-hydrogen) atoms. The first kappa shape index (κ1) is 12.3. The van der Waals surface area contributed by atoms with E-state index in [0.717, 1.165) is 23.7 Å². The van der Waals surface area contributed by atoms with Gasteiger partial charge in [0.2, 0.25) is 0 Å². The molecule has 0 fully saturated rings. The number of rotatable bonds is 4. The Balaban J connectivity index is 2.40. The molecule has 2 rings (SSSR count). The Morgan fingerprint density at radius 1 is 1.47 bits per heavy atom. The average molecular weight is 250 g/mol. The molecular formula is C13H18N2OS. The predicted molar refractivity (Wildman–Crippen MR) is 70.2 cm³/mol. The molecule has 3 nitrogen and oxygen atoms in total. The first-order valence-electron chi connectivity index (χ1n) is 5.86. The van der Waals surface area contributed by atoms with Crippen molar-refractivity contribution in [3.8, 4) is 0 Å². The van der Waals surface area contributed by atoms with Gasteiger partial charge in [0.15, 0.2) is 5.60 Å². The summed E-state index contributed by atoms with van der Waals surface area (Å²) in [5, 5.41) is 10.7. The fourth-order valence-corrected chi connectivity index (χ4v) is 2.87. The van der Waals surface area contributed by atoms with Crippen LogP contribution >= 0.6 is 11.3 Å². The Kier molecular flexibility index (Phi) is 3.35. The number of thiophene rings is 1. The molecule has 1 atom stereocenters. The van der Waals surface area contributed by atoms with Gasteiger partial charge in [0.25, 0.3) is 0 Å². The number of hydrogen-bond acceptors (Lipinski definition) is 3. The summed E-state index contributed by atoms with van der Waals surface area (Å²) < 4.78 is 2.02. The van der Waals surface area contributed by atoms with Gasteiger partial charge >= 0.3 is 0 Å². The van der Waals surface area contributed by atoms with Gasteiger partial charge in [0.05, 0.1) is 0 Å². The minimum Gasteiger partial charge on any atom is -0.377 e. The van der Waals surface area contributed by atoms with Crippen molar-refractivity contribution in [3.63, 3.8) is 0 Å². The van der Waals surface area contributed by atoms with E-state index < -0.39 is 5.60 Å². The number of nitrogens with zero attached hydrogens (tertiary/aromatic N) is 2. The van der Waals surface area contributed by atoms with Gasteiger partial charge in [-0.1, -0.05) is 6.92 Å². The van der Waals surface area contributed by atoms with Crippen molar-refractivity contribution >= 4 is 11.3 Å². The lowest BCUT2D eigenvalue weighted by atomic mass is 10.0. The molecule has 92 valence electrons. The van der Waals surface area contributed by atoms with Crippen LogP contribution in [0.4, 0.5) is 0 Å². The molecule has 4 heteroatoms. The summed E-state index contributed by atoms with van der Waals surface area (Å²) in [4.78, 5) is 6.46. The van der Waals surface area contributed by atoms with E-state index in [1.807, 2.05) is 36.7 Å². The van der Waals surface area contributed by atoms with E-state index in [1.54, 1.807) is 17.5 Å². The monoisotopic (exact) mass is 250 g/mol. The lowest BCUT2D eigenvalue weighted by Crippen LogP contribution is -2.26. The number of aromatic nitrogens is 2. The minimum atomic E-state index is -1.00. The molecule has 1 unspecified atom stereocenters. The average Bonchev–Trinajstić information content (AvgIpc) is 2.87. The standard InChI is InChI=1S/C13H18N2OS/c1-4-8-15-9-7-14-12(15)13(3,16)11-6-5-10(2)17-11/h5-7,9,16H,4,8H2,1-3H3. The lowest BCUT2D eigenvalue weighted by molar-refractivity contribution is 0.0917. The summed E-state index contributed by atoms with van der Waals surface area (Å²) in [6.07, 6.45) is 4.70. The molecule has 0 aliphatic rings. The first-order valence-corrected chi connectivity index (χ1v) is 6.68. The van der Waals surface area contributed by atoms with Gasteiger partial charge in [-0.25, -0.2) is 4.98 Å². The van der Waals surface area contributed by atoms with Crippen molar-refractivity contribution in [1.29, 1.82) is 0 Å². The van der Waals surface area contributed by atoms with Gasteiger partial charge in [0.1, 0.15) is 5.82 Å². The van der Waals surface area contributed by atoms with Crippen molar-refractivity contribution in [2.24, 2.45) is 0 Å². The van der Waals surface area contributed by atoms with E-state index >= 15 is 0 Å². The second kappa shape index (κ2) is 4.63. The Morgan fingerprint density at radius 3 is 2.82 bits per heavy atom. The van der Waals surface area contributed by atoms with Crippen LogP contribution in [0, 0.1) is 6.92 Å². The van der Waals surface area contributed by atoms with E-state index in [4.69, 9.17) is 0 Å². The molecule has 2 heterocycles. The molecule has 0 spiro atoms. The lowest BCUT2D eigenvalue weighted by Gasteiger charge is -2.22. The predicted octanol–water partition coefficient (Wildman–Crippen LogP) is 2.92. The summed E-state index contributed by atoms with van der Waals surface area (Å²) in [6.45, 7) is 6.86. The molecule has 0 aromatic carbocycles. The topological polar surface area (TPSA) is 38.0 Å². The van der Waals surface area contributed by atoms with E-state index in [-0.39, 0.29) is 0 Å². The van der Waals surface area contributed by atoms with Crippen LogP contribution in [0.3, 0.4) is 0 Å². The van der Waals surface area contributed by atoms with Crippen LogP contribution in [0.5, 0.6) is 0 Å². The Morgan fingerprint density at radius 2 is 2.24 bits per heavy atom. The van der Waals surface area contributed by atoms with Gasteiger partial charge in [0, 0.05) is 28.7 Å². The third-order valence-electron chi connectivity index (χ3n) is 2.84. The number of aliphatic hydroxyl groups is 1. The third kappa shape index (κ3) is 2.28. The first-order chi connectivity index (χ1) is 8.05. The van der Waals surface area contributed by atoms with Crippen molar-refractivity contribution in [3.05, 3.63) is 40.1 Å². The third-order valence-corrected chi connectivity index (χ3v) is 4.05. The van der Waals surface area contributed by atoms with Crippen LogP contribution in [0.15, 0.2) is 24.5 Å². The molecule has 0 aliphatic carbocycles. The minimum absolute atomic E-state index is 0.723. The molecule has 0 radical (unpaired) electrons. The maximum atomic E-state index is 10.7. The van der Waals surface area contributed by atoms with Crippen molar-refractivity contribution < 1.29 is 5.11 Å². The highest BCUT2D eigenvalue weighted by Gasteiger charge is 2.31. The Bertz CT molecular complexity index is 499. The molecule has 0 bridgehead atoms. The maximum absolute atomic E-state index is 10.7. The maximum Gasteiger partial charge on any atom is 0.153 e. The van der Waals surface area contributed by atoms with Crippen molar-refractivity contribution in [1.82, 2.24) is 9.55 Å². The zero-order chi connectivity index (χ0) is 12.5. The van der Waals surface area contributed by atoms with Crippen molar-refractivity contribution in [2.45, 2.75) is 39.3 Å². The summed E-state index contributed by atoms with van der Waals surface area (Å²) >= 11 is 1.62. The van der Waals surface area contributed by atoms with Crippen LogP contribution in [0.2, 0.25) is 0 Å². The quantitative estimate of drug-likeness (QED) is 0.906. The summed E-state index contributed by atoms with van der Waals surface area (Å²) in [6, 6.07) is 4.01. The highest BCUT2D eigenvalue weighted by molar-refractivity contribution is 7.12. The molecule has 0 saturated heterocycles. The smallest absolute Gasteiger partial charge is 0.153 e. The second-order valence-corrected chi connectivity index (χ2v) is 5.71. The van der Waals surface area contributed by atoms with Gasteiger partial charge in [-0.15, -0.1) is 11.3 Å². The van der Waals surface area contributed by atoms with E-state index in [0.29, 0.717) is 0 Å². The van der Waals surface area contributed by atoms with Gasteiger partial charge < -0.3 is 9.67 Å². The Labute approximate surface area is 106 Å². The van der Waals surface area contributed by atoms with Crippen LogP contribution in [0.25, 0.3) is 0 Å². The van der Waals surface area contributed by atoms with Crippen LogP contribution in [-0.2, 0) is 12.1 Å². The highest BCUT2D eigenvalue weighted by atomic mass is 32.1. The van der Waals surface area contributed by atoms with Crippen LogP contribution in [0.1, 0.15) is 35.8 Å². The molecular weight excluding hydrogens is 232 g/mol. The zero-order valence-electron chi connectivity index (χ0n) is 10.5. The normalized spacial score (nSPS) is 14.8. The summed E-state index contributed by atoms with van der Waals surface area (Å²) in [7, 11) is 0. The van der Waals surface area contributed by atoms with Crippen LogP contribution in [-0.4, -0.2) is 14.7 Å². The zero-order valence-corrected chi connectivity index (χ0v) is 11.3. The SMILES string of the molecule is CCCn1ccnc1C(C)(O)c1ccc(C)s1. The molecule has 0 aliphatic heterocycles. The van der Waals surface area contributed by atoms with Gasteiger partial charge in [-0.3, -0.25) is 0 Å². The summed E-state index contributed by atoms with van der Waals surface area (Å²) in [5.74, 6) is 0.723. The van der Waals surface area contributed by atoms with Gasteiger partial charge in [-0.05, 0) is 32.4 Å². The number of imidazole rings is 1. The van der Waals surface area contributed by atoms with E-state index in [2.05, 4.69) is 11.9 Å². The molecule has 0 amide bonds. The fraction of sp³-hybridized carbons (Fsp3) is 0.462. The Hall–Kier alpha value is -1.13. The van der Waals surface area contributed by atoms with E-state index in [9.17, 15) is 5.11 Å². The fourth-order valence-electron chi connectivity index (χ4n) is 1.96. The van der Waals surface area contributed by atoms with Crippen molar-refractivity contribution in [2.75, 3.05) is 0 Å². The molecule has 2 aromatic rings. The summed E-state index contributed by atoms with van der Waals surface area (Å²) in [5.41, 5.74) is -1.00. The molecule has 2 aromatic heterocycles. The second-order valence-electron chi connectivity index (χ2n) is 4.43. The number of aryl methyl sites for hydroxylation is 2. The highest BCUT2D eigenvalue weighted by Crippen LogP contribution is 2.32. The molecule has 1 N–H and O–H groups in total.